The topological polar surface area (TPSA) is 63.0 Å². The number of aromatic nitrogens is 2. The lowest BCUT2D eigenvalue weighted by Gasteiger charge is -2.14. The third-order valence-electron chi connectivity index (χ3n) is 4.09. The highest BCUT2D eigenvalue weighted by Gasteiger charge is 2.11. The van der Waals surface area contributed by atoms with Gasteiger partial charge in [-0.25, -0.2) is 4.98 Å². The fourth-order valence-electron chi connectivity index (χ4n) is 2.75. The highest BCUT2D eigenvalue weighted by Crippen LogP contribution is 2.24. The SMILES string of the molecule is CN=C(NCc1cn2c(C)cccc2n1)NCc1cc(Cl)ccc1OC(F)F.I. The molecule has 0 aliphatic rings. The van der Waals surface area contributed by atoms with Gasteiger partial charge >= 0.3 is 6.61 Å². The highest BCUT2D eigenvalue weighted by atomic mass is 127. The first-order chi connectivity index (χ1) is 13.5. The summed E-state index contributed by atoms with van der Waals surface area (Å²) in [5.41, 5.74) is 3.31. The van der Waals surface area contributed by atoms with E-state index in [-0.39, 0.29) is 36.3 Å². The molecule has 3 rings (SSSR count). The van der Waals surface area contributed by atoms with E-state index < -0.39 is 6.61 Å². The van der Waals surface area contributed by atoms with Gasteiger partial charge in [0.1, 0.15) is 11.4 Å². The van der Waals surface area contributed by atoms with Crippen LogP contribution in [0.3, 0.4) is 0 Å². The number of ether oxygens (including phenoxy) is 1. The van der Waals surface area contributed by atoms with Crippen molar-refractivity contribution in [3.63, 3.8) is 0 Å². The first kappa shape index (κ1) is 23.1. The van der Waals surface area contributed by atoms with Crippen LogP contribution in [-0.2, 0) is 13.1 Å². The maximum Gasteiger partial charge on any atom is 0.387 e. The van der Waals surface area contributed by atoms with Crippen LogP contribution in [0.25, 0.3) is 5.65 Å². The fourth-order valence-corrected chi connectivity index (χ4v) is 2.95. The molecule has 0 saturated carbocycles. The monoisotopic (exact) mass is 535 g/mol. The molecule has 0 fully saturated rings. The lowest BCUT2D eigenvalue weighted by atomic mass is 10.2. The summed E-state index contributed by atoms with van der Waals surface area (Å²) in [6, 6.07) is 10.4. The van der Waals surface area contributed by atoms with E-state index in [2.05, 4.69) is 25.3 Å². The molecule has 1 aromatic carbocycles. The smallest absolute Gasteiger partial charge is 0.387 e. The van der Waals surface area contributed by atoms with Crippen LogP contribution in [-0.4, -0.2) is 29.0 Å². The number of halogens is 4. The van der Waals surface area contributed by atoms with Gasteiger partial charge in [0.2, 0.25) is 0 Å². The maximum atomic E-state index is 12.6. The van der Waals surface area contributed by atoms with Crippen LogP contribution in [0.5, 0.6) is 5.75 Å². The van der Waals surface area contributed by atoms with Gasteiger partial charge in [-0.1, -0.05) is 17.7 Å². The number of aryl methyl sites for hydroxylation is 1. The summed E-state index contributed by atoms with van der Waals surface area (Å²) in [6.45, 7) is -0.226. The number of alkyl halides is 2. The second-order valence-corrected chi connectivity index (χ2v) is 6.47. The minimum atomic E-state index is -2.91. The summed E-state index contributed by atoms with van der Waals surface area (Å²) < 4.78 is 31.7. The zero-order chi connectivity index (χ0) is 20.1. The van der Waals surface area contributed by atoms with Crippen LogP contribution in [0.1, 0.15) is 17.0 Å². The molecule has 0 atom stereocenters. The van der Waals surface area contributed by atoms with Crippen molar-refractivity contribution in [3.05, 3.63) is 64.6 Å². The molecular weight excluding hydrogens is 515 g/mol. The van der Waals surface area contributed by atoms with Crippen molar-refractivity contribution in [3.8, 4) is 5.75 Å². The van der Waals surface area contributed by atoms with Crippen molar-refractivity contribution in [2.75, 3.05) is 7.05 Å². The van der Waals surface area contributed by atoms with Crippen LogP contribution in [0.4, 0.5) is 8.78 Å². The number of fused-ring (bicyclic) bond motifs is 1. The lowest BCUT2D eigenvalue weighted by Crippen LogP contribution is -2.36. The normalized spacial score (nSPS) is 11.4. The summed E-state index contributed by atoms with van der Waals surface area (Å²) in [6.07, 6.45) is 1.95. The second kappa shape index (κ2) is 10.6. The van der Waals surface area contributed by atoms with Crippen LogP contribution < -0.4 is 15.4 Å². The molecule has 0 amide bonds. The van der Waals surface area contributed by atoms with Crippen LogP contribution >= 0.6 is 35.6 Å². The Morgan fingerprint density at radius 3 is 2.69 bits per heavy atom. The number of hydrogen-bond donors (Lipinski definition) is 2. The van der Waals surface area contributed by atoms with Crippen molar-refractivity contribution < 1.29 is 13.5 Å². The fraction of sp³-hybridized carbons (Fsp3) is 0.263. The van der Waals surface area contributed by atoms with Crippen LogP contribution in [0.15, 0.2) is 47.6 Å². The minimum Gasteiger partial charge on any atom is -0.434 e. The largest absolute Gasteiger partial charge is 0.434 e. The number of aliphatic imine (C=N–C) groups is 1. The Labute approximate surface area is 189 Å². The summed E-state index contributed by atoms with van der Waals surface area (Å²) >= 11 is 5.97. The third kappa shape index (κ3) is 6.17. The molecule has 3 aromatic rings. The maximum absolute atomic E-state index is 12.6. The molecule has 0 saturated heterocycles. The number of nitrogens with zero attached hydrogens (tertiary/aromatic N) is 3. The van der Waals surface area contributed by atoms with Gasteiger partial charge in [-0.2, -0.15) is 8.78 Å². The van der Waals surface area contributed by atoms with Crippen LogP contribution in [0.2, 0.25) is 5.02 Å². The molecule has 2 N–H and O–H groups in total. The molecule has 0 aliphatic carbocycles. The number of nitrogens with one attached hydrogen (secondary N) is 2. The van der Waals surface area contributed by atoms with Crippen LogP contribution in [0, 0.1) is 6.92 Å². The number of rotatable bonds is 6. The van der Waals surface area contributed by atoms with Crippen molar-refractivity contribution in [1.29, 1.82) is 0 Å². The van der Waals surface area contributed by atoms with Gasteiger partial charge in [-0.3, -0.25) is 4.99 Å². The number of benzene rings is 1. The number of guanidine groups is 1. The Bertz CT molecular complexity index is 996. The molecule has 2 heterocycles. The Hall–Kier alpha value is -2.14. The Balaban J connectivity index is 0.00000300. The van der Waals surface area contributed by atoms with E-state index in [1.54, 1.807) is 13.1 Å². The van der Waals surface area contributed by atoms with Gasteiger partial charge in [0, 0.05) is 36.1 Å². The van der Waals surface area contributed by atoms with Gasteiger partial charge in [0.25, 0.3) is 0 Å². The zero-order valence-electron chi connectivity index (χ0n) is 15.8. The Morgan fingerprint density at radius 1 is 1.24 bits per heavy atom. The molecular formula is C19H21ClF2IN5O. The van der Waals surface area contributed by atoms with Gasteiger partial charge in [-0.05, 0) is 37.3 Å². The molecule has 0 aliphatic heterocycles. The summed E-state index contributed by atoms with van der Waals surface area (Å²) in [4.78, 5) is 8.69. The van der Waals surface area contributed by atoms with Crippen molar-refractivity contribution in [2.24, 2.45) is 4.99 Å². The van der Waals surface area contributed by atoms with Gasteiger partial charge in [-0.15, -0.1) is 24.0 Å². The minimum absolute atomic E-state index is 0. The van der Waals surface area contributed by atoms with E-state index in [1.807, 2.05) is 35.7 Å². The second-order valence-electron chi connectivity index (χ2n) is 6.04. The van der Waals surface area contributed by atoms with Gasteiger partial charge < -0.3 is 19.8 Å². The molecule has 156 valence electrons. The van der Waals surface area contributed by atoms with Crippen molar-refractivity contribution in [2.45, 2.75) is 26.6 Å². The molecule has 0 spiro atoms. The Kier molecular flexibility index (Phi) is 8.45. The predicted octanol–water partition coefficient (Wildman–Crippen LogP) is 4.38. The van der Waals surface area contributed by atoms with E-state index in [4.69, 9.17) is 11.6 Å². The molecule has 10 heteroatoms. The molecule has 29 heavy (non-hydrogen) atoms. The van der Waals surface area contributed by atoms with E-state index in [0.717, 1.165) is 17.0 Å². The Morgan fingerprint density at radius 2 is 2.00 bits per heavy atom. The molecule has 6 nitrogen and oxygen atoms in total. The average molecular weight is 536 g/mol. The first-order valence-electron chi connectivity index (χ1n) is 8.57. The highest BCUT2D eigenvalue weighted by molar-refractivity contribution is 14.0. The molecule has 0 bridgehead atoms. The van der Waals surface area contributed by atoms with Gasteiger partial charge in [0.15, 0.2) is 5.96 Å². The van der Waals surface area contributed by atoms with Gasteiger partial charge in [0.05, 0.1) is 12.2 Å². The summed E-state index contributed by atoms with van der Waals surface area (Å²) in [7, 11) is 1.62. The van der Waals surface area contributed by atoms with E-state index in [0.29, 0.717) is 23.1 Å². The molecule has 0 radical (unpaired) electrons. The van der Waals surface area contributed by atoms with E-state index in [9.17, 15) is 8.78 Å². The number of hydrogen-bond acceptors (Lipinski definition) is 3. The molecule has 0 unspecified atom stereocenters. The third-order valence-corrected chi connectivity index (χ3v) is 4.33. The van der Waals surface area contributed by atoms with Crippen molar-refractivity contribution in [1.82, 2.24) is 20.0 Å². The predicted molar refractivity (Wildman–Crippen MR) is 120 cm³/mol. The summed E-state index contributed by atoms with van der Waals surface area (Å²) in [5, 5.41) is 6.65. The standard InChI is InChI=1S/C19H20ClF2N5O.HI/c1-12-4-3-5-17-26-15(11-27(12)17)10-25-19(23-2)24-9-13-8-14(20)6-7-16(13)28-18(21)22;/h3-8,11,18H,9-10H2,1-2H3,(H2,23,24,25);1H. The number of imidazole rings is 1. The molecule has 2 aromatic heterocycles. The average Bonchev–Trinajstić information content (AvgIpc) is 3.08. The first-order valence-corrected chi connectivity index (χ1v) is 8.95. The van der Waals surface area contributed by atoms with E-state index >= 15 is 0 Å². The number of pyridine rings is 1. The van der Waals surface area contributed by atoms with Crippen molar-refractivity contribution >= 4 is 47.2 Å². The lowest BCUT2D eigenvalue weighted by molar-refractivity contribution is -0.0504. The van der Waals surface area contributed by atoms with E-state index in [1.165, 1.54) is 12.1 Å². The summed E-state index contributed by atoms with van der Waals surface area (Å²) in [5.74, 6) is 0.565. The quantitative estimate of drug-likeness (QED) is 0.279. The zero-order valence-corrected chi connectivity index (χ0v) is 18.9.